The molecule has 3 heterocycles. The summed E-state index contributed by atoms with van der Waals surface area (Å²) in [6.07, 6.45) is 3.09. The van der Waals surface area contributed by atoms with Crippen molar-refractivity contribution >= 4 is 45.7 Å². The van der Waals surface area contributed by atoms with Gasteiger partial charge in [-0.05, 0) is 63.1 Å². The lowest BCUT2D eigenvalue weighted by Gasteiger charge is -2.34. The number of fused-ring (bicyclic) bond motifs is 2. The van der Waals surface area contributed by atoms with Crippen molar-refractivity contribution in [3.8, 4) is 0 Å². The fourth-order valence-electron chi connectivity index (χ4n) is 4.71. The molecule has 202 valence electrons. The van der Waals surface area contributed by atoms with Crippen LogP contribution in [0.15, 0.2) is 54.7 Å². The molecule has 1 saturated heterocycles. The highest BCUT2D eigenvalue weighted by Crippen LogP contribution is 2.22. The van der Waals surface area contributed by atoms with E-state index in [1.807, 2.05) is 45.0 Å². The second-order valence-electron chi connectivity index (χ2n) is 10.8. The molecule has 1 aliphatic rings. The quantitative estimate of drug-likeness (QED) is 0.343. The lowest BCUT2D eigenvalue weighted by Crippen LogP contribution is -2.45. The second kappa shape index (κ2) is 10.7. The van der Waals surface area contributed by atoms with Gasteiger partial charge in [0.15, 0.2) is 0 Å². The molecule has 1 aliphatic heterocycles. The molecule has 1 fully saturated rings. The monoisotopic (exact) mass is 528 g/mol. The number of amides is 3. The third-order valence-electron chi connectivity index (χ3n) is 6.57. The number of para-hydroxylation sites is 1. The van der Waals surface area contributed by atoms with Gasteiger partial charge in [-0.3, -0.25) is 19.9 Å². The Morgan fingerprint density at radius 2 is 1.87 bits per heavy atom. The third kappa shape index (κ3) is 6.17. The number of aromatic amines is 1. The van der Waals surface area contributed by atoms with Crippen LogP contribution in [0.5, 0.6) is 0 Å². The van der Waals surface area contributed by atoms with Crippen molar-refractivity contribution in [2.75, 3.05) is 25.0 Å². The number of hydrogen-bond donors (Lipinski definition) is 3. The summed E-state index contributed by atoms with van der Waals surface area (Å²) >= 11 is 0. The summed E-state index contributed by atoms with van der Waals surface area (Å²) in [5.74, 6) is -0.323. The van der Waals surface area contributed by atoms with E-state index in [-0.39, 0.29) is 29.6 Å². The Hall–Kier alpha value is -4.47. The Labute approximate surface area is 226 Å². The van der Waals surface area contributed by atoms with Crippen LogP contribution in [0, 0.1) is 5.92 Å². The summed E-state index contributed by atoms with van der Waals surface area (Å²) in [6, 6.07) is 14.6. The van der Waals surface area contributed by atoms with Crippen molar-refractivity contribution in [3.05, 3.63) is 66.0 Å². The molecule has 10 heteroatoms. The van der Waals surface area contributed by atoms with Gasteiger partial charge >= 0.3 is 6.09 Å². The first-order valence-corrected chi connectivity index (χ1v) is 13.1. The number of imidazole rings is 1. The third-order valence-corrected chi connectivity index (χ3v) is 6.57. The highest BCUT2D eigenvalue weighted by atomic mass is 16.6. The number of likely N-dealkylation sites (tertiary alicyclic amines) is 1. The number of nitrogens with one attached hydrogen (secondary N) is 3. The maximum atomic E-state index is 13.1. The fourth-order valence-corrected chi connectivity index (χ4v) is 4.71. The van der Waals surface area contributed by atoms with Crippen molar-refractivity contribution in [2.45, 2.75) is 39.2 Å². The number of carbonyl (C=O) groups excluding carboxylic acids is 3. The maximum Gasteiger partial charge on any atom is 0.410 e. The zero-order chi connectivity index (χ0) is 27.6. The van der Waals surface area contributed by atoms with E-state index in [0.29, 0.717) is 36.2 Å². The summed E-state index contributed by atoms with van der Waals surface area (Å²) in [5.41, 5.74) is 1.19. The van der Waals surface area contributed by atoms with E-state index >= 15 is 0 Å². The molecule has 1 atom stereocenters. The average Bonchev–Trinajstić information content (AvgIpc) is 3.33. The topological polar surface area (TPSA) is 129 Å². The van der Waals surface area contributed by atoms with Gasteiger partial charge in [0.25, 0.3) is 11.8 Å². The zero-order valence-corrected chi connectivity index (χ0v) is 22.3. The molecule has 10 nitrogen and oxygen atoms in total. The number of anilines is 1. The number of carbonyl (C=O) groups is 3. The molecule has 0 aliphatic carbocycles. The van der Waals surface area contributed by atoms with E-state index in [4.69, 9.17) is 4.74 Å². The highest BCUT2D eigenvalue weighted by Gasteiger charge is 2.28. The molecule has 3 amide bonds. The predicted octanol–water partition coefficient (Wildman–Crippen LogP) is 4.74. The molecule has 0 bridgehead atoms. The van der Waals surface area contributed by atoms with Gasteiger partial charge in [0, 0.05) is 31.2 Å². The molecule has 0 radical (unpaired) electrons. The van der Waals surface area contributed by atoms with Crippen LogP contribution in [0.25, 0.3) is 21.8 Å². The number of pyridine rings is 1. The summed E-state index contributed by atoms with van der Waals surface area (Å²) < 4.78 is 5.50. The maximum absolute atomic E-state index is 13.1. The summed E-state index contributed by atoms with van der Waals surface area (Å²) in [7, 11) is 0. The Bertz CT molecular complexity index is 1540. The van der Waals surface area contributed by atoms with Gasteiger partial charge in [-0.15, -0.1) is 0 Å². The van der Waals surface area contributed by atoms with Gasteiger partial charge in [0.2, 0.25) is 5.95 Å². The predicted molar refractivity (Wildman–Crippen MR) is 149 cm³/mol. The van der Waals surface area contributed by atoms with Crippen LogP contribution in [-0.2, 0) is 4.74 Å². The van der Waals surface area contributed by atoms with Gasteiger partial charge in [-0.2, -0.15) is 0 Å². The summed E-state index contributed by atoms with van der Waals surface area (Å²) in [4.78, 5) is 51.9. The van der Waals surface area contributed by atoms with E-state index < -0.39 is 11.5 Å². The van der Waals surface area contributed by atoms with Crippen molar-refractivity contribution in [2.24, 2.45) is 5.92 Å². The van der Waals surface area contributed by atoms with E-state index in [1.54, 1.807) is 35.4 Å². The number of ether oxygens (including phenoxy) is 1. The van der Waals surface area contributed by atoms with E-state index in [1.165, 1.54) is 0 Å². The lowest BCUT2D eigenvalue weighted by atomic mass is 9.98. The molecule has 0 unspecified atom stereocenters. The van der Waals surface area contributed by atoms with Crippen LogP contribution in [0.4, 0.5) is 10.7 Å². The summed E-state index contributed by atoms with van der Waals surface area (Å²) in [5, 5.41) is 7.59. The normalized spacial score (nSPS) is 15.8. The Balaban J connectivity index is 1.24. The van der Waals surface area contributed by atoms with Gasteiger partial charge in [-0.25, -0.2) is 9.78 Å². The van der Waals surface area contributed by atoms with Crippen LogP contribution < -0.4 is 10.6 Å². The number of piperidine rings is 1. The minimum absolute atomic E-state index is 0.123. The molecule has 5 rings (SSSR count). The molecule has 4 aromatic rings. The molecule has 3 N–H and O–H groups in total. The average molecular weight is 529 g/mol. The van der Waals surface area contributed by atoms with Crippen LogP contribution in [-0.4, -0.2) is 63.0 Å². The highest BCUT2D eigenvalue weighted by molar-refractivity contribution is 6.07. The molecule has 0 saturated carbocycles. The first-order chi connectivity index (χ1) is 18.7. The van der Waals surface area contributed by atoms with E-state index in [9.17, 15) is 14.4 Å². The van der Waals surface area contributed by atoms with Crippen LogP contribution in [0.3, 0.4) is 0 Å². The van der Waals surface area contributed by atoms with Gasteiger partial charge < -0.3 is 19.9 Å². The lowest BCUT2D eigenvalue weighted by molar-refractivity contribution is 0.0167. The fraction of sp³-hybridized carbons (Fsp3) is 0.345. The first-order valence-electron chi connectivity index (χ1n) is 13.1. The number of nitrogens with zero attached hydrogens (tertiary/aromatic N) is 3. The zero-order valence-electron chi connectivity index (χ0n) is 22.3. The molecule has 2 aromatic heterocycles. The van der Waals surface area contributed by atoms with Gasteiger partial charge in [0.1, 0.15) is 16.8 Å². The smallest absolute Gasteiger partial charge is 0.410 e. The molecule has 2 aromatic carbocycles. The number of hydrogen-bond acceptors (Lipinski definition) is 6. The Morgan fingerprint density at radius 3 is 2.67 bits per heavy atom. The van der Waals surface area contributed by atoms with Gasteiger partial charge in [0.05, 0.1) is 11.1 Å². The van der Waals surface area contributed by atoms with Crippen LogP contribution in [0.1, 0.15) is 54.5 Å². The molecule has 0 spiro atoms. The SMILES string of the molecule is CC(C)(C)OC(=O)N1CCC[C@H](CNC(=O)c2cccc3[nH]c(NC(=O)c4cc5ccccc5cn4)nc23)C1. The number of H-pyrrole nitrogens is 1. The Morgan fingerprint density at radius 1 is 1.08 bits per heavy atom. The van der Waals surface area contributed by atoms with Crippen molar-refractivity contribution in [3.63, 3.8) is 0 Å². The Kier molecular flexibility index (Phi) is 7.19. The largest absolute Gasteiger partial charge is 0.444 e. The van der Waals surface area contributed by atoms with Crippen molar-refractivity contribution < 1.29 is 19.1 Å². The molecular formula is C29H32N6O4. The van der Waals surface area contributed by atoms with Gasteiger partial charge in [-0.1, -0.05) is 30.3 Å². The molecular weight excluding hydrogens is 496 g/mol. The van der Waals surface area contributed by atoms with Crippen LogP contribution in [0.2, 0.25) is 0 Å². The number of rotatable bonds is 5. The molecule has 39 heavy (non-hydrogen) atoms. The standard InChI is InChI=1S/C29H32N6O4/c1-29(2,3)39-28(38)35-13-7-8-18(17-35)15-31-25(36)21-11-6-12-22-24(21)33-27(32-22)34-26(37)23-14-19-9-4-5-10-20(19)16-30-23/h4-6,9-12,14,16,18H,7-8,13,15,17H2,1-3H3,(H,31,36)(H2,32,33,34,37)/t18-/m1/s1. The number of benzene rings is 2. The second-order valence-corrected chi connectivity index (χ2v) is 10.8. The van der Waals surface area contributed by atoms with Crippen LogP contribution >= 0.6 is 0 Å². The van der Waals surface area contributed by atoms with Crippen molar-refractivity contribution in [1.82, 2.24) is 25.2 Å². The van der Waals surface area contributed by atoms with E-state index in [0.717, 1.165) is 23.6 Å². The van der Waals surface area contributed by atoms with E-state index in [2.05, 4.69) is 25.6 Å². The first kappa shape index (κ1) is 26.1. The minimum atomic E-state index is -0.551. The number of aromatic nitrogens is 3. The minimum Gasteiger partial charge on any atom is -0.444 e. The summed E-state index contributed by atoms with van der Waals surface area (Å²) in [6.45, 7) is 7.14. The van der Waals surface area contributed by atoms with Crippen molar-refractivity contribution in [1.29, 1.82) is 0 Å².